The van der Waals surface area contributed by atoms with Crippen molar-refractivity contribution in [2.45, 2.75) is 38.1 Å². The van der Waals surface area contributed by atoms with E-state index in [-0.39, 0.29) is 11.4 Å². The van der Waals surface area contributed by atoms with Crippen LogP contribution in [0, 0.1) is 13.8 Å². The first-order valence-electron chi connectivity index (χ1n) is 6.51. The molecule has 1 fully saturated rings. The Bertz CT molecular complexity index is 722. The summed E-state index contributed by atoms with van der Waals surface area (Å²) in [5, 5.41) is 2.16. The third kappa shape index (κ3) is 2.58. The number of nitrogens with one attached hydrogen (secondary N) is 1. The van der Waals surface area contributed by atoms with Gasteiger partial charge < -0.3 is 0 Å². The van der Waals surface area contributed by atoms with E-state index < -0.39 is 27.4 Å². The molecule has 0 aliphatic carbocycles. The summed E-state index contributed by atoms with van der Waals surface area (Å²) in [6.45, 7) is 6.16. The smallest absolute Gasteiger partial charge is 0.247 e. The molecule has 1 heterocycles. The summed E-state index contributed by atoms with van der Waals surface area (Å²) >= 11 is 0. The Hall–Kier alpha value is -1.73. The van der Waals surface area contributed by atoms with Crippen molar-refractivity contribution in [1.29, 1.82) is 0 Å². The van der Waals surface area contributed by atoms with Crippen LogP contribution >= 0.6 is 0 Å². The number of rotatable bonds is 2. The van der Waals surface area contributed by atoms with Crippen LogP contribution in [0.15, 0.2) is 23.1 Å². The summed E-state index contributed by atoms with van der Waals surface area (Å²) < 4.78 is 26.6. The lowest BCUT2D eigenvalue weighted by molar-refractivity contribution is -0.141. The molecule has 114 valence electrons. The molecule has 0 saturated carbocycles. The molecule has 1 saturated heterocycles. The Morgan fingerprint density at radius 3 is 2.38 bits per heavy atom. The first kappa shape index (κ1) is 15.7. The number of imide groups is 1. The highest BCUT2D eigenvalue weighted by atomic mass is 32.2. The van der Waals surface area contributed by atoms with Gasteiger partial charge in [0.1, 0.15) is 5.54 Å². The van der Waals surface area contributed by atoms with E-state index in [1.165, 1.54) is 19.9 Å². The lowest BCUT2D eigenvalue weighted by atomic mass is 10.0. The van der Waals surface area contributed by atoms with Crippen LogP contribution in [0.25, 0.3) is 0 Å². The highest BCUT2D eigenvalue weighted by molar-refractivity contribution is 7.89. The van der Waals surface area contributed by atoms with Crippen molar-refractivity contribution in [3.63, 3.8) is 0 Å². The predicted octanol–water partition coefficient (Wildman–Crippen LogP) is 0.729. The van der Waals surface area contributed by atoms with E-state index in [1.54, 1.807) is 19.1 Å². The maximum Gasteiger partial charge on any atom is 0.247 e. The lowest BCUT2D eigenvalue weighted by Gasteiger charge is -2.39. The number of benzene rings is 1. The Morgan fingerprint density at radius 1 is 1.19 bits per heavy atom. The number of hydrogen-bond acceptors (Lipinski definition) is 4. The number of carbonyl (C=O) groups is 2. The molecule has 1 aromatic carbocycles. The number of carbonyl (C=O) groups excluding carboxylic acids is 2. The Labute approximate surface area is 124 Å². The number of nitrogens with zero attached hydrogens (tertiary/aromatic N) is 1. The van der Waals surface area contributed by atoms with E-state index in [1.807, 2.05) is 6.92 Å². The molecule has 0 radical (unpaired) electrons. The first-order chi connectivity index (χ1) is 9.56. The second-order valence-corrected chi connectivity index (χ2v) is 7.55. The van der Waals surface area contributed by atoms with E-state index in [4.69, 9.17) is 0 Å². The molecule has 2 amide bonds. The van der Waals surface area contributed by atoms with Gasteiger partial charge in [0, 0.05) is 0 Å². The van der Waals surface area contributed by atoms with Gasteiger partial charge in [0.25, 0.3) is 0 Å². The fourth-order valence-electron chi connectivity index (χ4n) is 2.35. The molecule has 0 atom stereocenters. The second kappa shape index (κ2) is 4.92. The highest BCUT2D eigenvalue weighted by Crippen LogP contribution is 2.28. The highest BCUT2D eigenvalue weighted by Gasteiger charge is 2.47. The van der Waals surface area contributed by atoms with Crippen LogP contribution in [0.3, 0.4) is 0 Å². The zero-order valence-corrected chi connectivity index (χ0v) is 13.2. The molecule has 1 aliphatic rings. The molecule has 7 heteroatoms. The molecule has 0 aromatic heterocycles. The van der Waals surface area contributed by atoms with E-state index in [0.717, 1.165) is 9.87 Å². The van der Waals surface area contributed by atoms with Crippen molar-refractivity contribution in [2.75, 3.05) is 6.54 Å². The van der Waals surface area contributed by atoms with Crippen molar-refractivity contribution in [2.24, 2.45) is 0 Å². The maximum absolute atomic E-state index is 12.8. The van der Waals surface area contributed by atoms with Gasteiger partial charge >= 0.3 is 0 Å². The van der Waals surface area contributed by atoms with Gasteiger partial charge in [-0.25, -0.2) is 8.42 Å². The normalized spacial score (nSPS) is 19.4. The largest absolute Gasteiger partial charge is 0.294 e. The van der Waals surface area contributed by atoms with Crippen molar-refractivity contribution in [1.82, 2.24) is 9.62 Å². The summed E-state index contributed by atoms with van der Waals surface area (Å²) in [5.74, 6) is -1.24. The van der Waals surface area contributed by atoms with Crippen LogP contribution in [0.1, 0.15) is 25.0 Å². The Balaban J connectivity index is 2.56. The zero-order valence-electron chi connectivity index (χ0n) is 12.4. The second-order valence-electron chi connectivity index (χ2n) is 5.72. The number of aryl methyl sites for hydroxylation is 2. The van der Waals surface area contributed by atoms with Crippen molar-refractivity contribution < 1.29 is 18.0 Å². The van der Waals surface area contributed by atoms with Gasteiger partial charge in [-0.2, -0.15) is 4.31 Å². The van der Waals surface area contributed by atoms with Gasteiger partial charge in [-0.05, 0) is 39.3 Å². The minimum absolute atomic E-state index is 0.115. The minimum Gasteiger partial charge on any atom is -0.294 e. The van der Waals surface area contributed by atoms with Gasteiger partial charge in [0.05, 0.1) is 11.4 Å². The molecule has 6 nitrogen and oxygen atoms in total. The summed E-state index contributed by atoms with van der Waals surface area (Å²) in [6.07, 6.45) is 0. The van der Waals surface area contributed by atoms with Crippen LogP contribution < -0.4 is 5.32 Å². The summed E-state index contributed by atoms with van der Waals surface area (Å²) in [4.78, 5) is 23.6. The third-order valence-corrected chi connectivity index (χ3v) is 5.80. The van der Waals surface area contributed by atoms with E-state index in [0.29, 0.717) is 5.56 Å². The minimum atomic E-state index is -3.93. The average Bonchev–Trinajstić information content (AvgIpc) is 2.33. The molecule has 0 spiro atoms. The van der Waals surface area contributed by atoms with Crippen molar-refractivity contribution in [3.8, 4) is 0 Å². The van der Waals surface area contributed by atoms with Gasteiger partial charge in [-0.15, -0.1) is 0 Å². The SMILES string of the molecule is Cc1ccc(S(=O)(=O)N2CC(=O)NC(=O)C2(C)C)c(C)c1. The third-order valence-electron chi connectivity index (χ3n) is 3.62. The van der Waals surface area contributed by atoms with Gasteiger partial charge in [-0.3, -0.25) is 14.9 Å². The number of piperazine rings is 1. The Morgan fingerprint density at radius 2 is 1.81 bits per heavy atom. The maximum atomic E-state index is 12.8. The lowest BCUT2D eigenvalue weighted by Crippen LogP contribution is -2.65. The van der Waals surface area contributed by atoms with E-state index in [9.17, 15) is 18.0 Å². The van der Waals surface area contributed by atoms with Crippen LogP contribution in [0.4, 0.5) is 0 Å². The van der Waals surface area contributed by atoms with Crippen LogP contribution in [0.5, 0.6) is 0 Å². The molecule has 0 unspecified atom stereocenters. The van der Waals surface area contributed by atoms with Crippen molar-refractivity contribution in [3.05, 3.63) is 29.3 Å². The molecule has 0 bridgehead atoms. The fourth-order valence-corrected chi connectivity index (χ4v) is 4.27. The number of hydrogen-bond donors (Lipinski definition) is 1. The van der Waals surface area contributed by atoms with Crippen molar-refractivity contribution >= 4 is 21.8 Å². The predicted molar refractivity (Wildman–Crippen MR) is 77.0 cm³/mol. The van der Waals surface area contributed by atoms with Crippen LogP contribution in [0.2, 0.25) is 0 Å². The van der Waals surface area contributed by atoms with Gasteiger partial charge in [-0.1, -0.05) is 17.7 Å². The van der Waals surface area contributed by atoms with Gasteiger partial charge in [0.15, 0.2) is 0 Å². The molecule has 1 N–H and O–H groups in total. The molecule has 21 heavy (non-hydrogen) atoms. The average molecular weight is 310 g/mol. The van der Waals surface area contributed by atoms with Gasteiger partial charge in [0.2, 0.25) is 21.8 Å². The van der Waals surface area contributed by atoms with Crippen LogP contribution in [-0.2, 0) is 19.6 Å². The summed E-state index contributed by atoms with van der Waals surface area (Å²) in [6, 6.07) is 4.96. The van der Waals surface area contributed by atoms with Crippen LogP contribution in [-0.4, -0.2) is 36.6 Å². The molecule has 1 aromatic rings. The fraction of sp³-hybridized carbons (Fsp3) is 0.429. The molecule has 2 rings (SSSR count). The standard InChI is InChI=1S/C14H18N2O4S/c1-9-5-6-11(10(2)7-9)21(19,20)16-8-12(17)15-13(18)14(16,3)4/h5-7H,8H2,1-4H3,(H,15,17,18). The monoisotopic (exact) mass is 310 g/mol. The Kier molecular flexibility index (Phi) is 3.67. The quantitative estimate of drug-likeness (QED) is 0.816. The first-order valence-corrected chi connectivity index (χ1v) is 7.95. The number of sulfonamides is 1. The van der Waals surface area contributed by atoms with E-state index in [2.05, 4.69) is 5.32 Å². The summed E-state index contributed by atoms with van der Waals surface area (Å²) in [5.41, 5.74) is 0.215. The zero-order chi connectivity index (χ0) is 16.0. The number of amides is 2. The van der Waals surface area contributed by atoms with E-state index >= 15 is 0 Å². The topological polar surface area (TPSA) is 83.6 Å². The molecule has 1 aliphatic heterocycles. The molecular formula is C14H18N2O4S. The molecular weight excluding hydrogens is 292 g/mol. The summed E-state index contributed by atoms with van der Waals surface area (Å²) in [7, 11) is -3.93.